The fourth-order valence-electron chi connectivity index (χ4n) is 3.57. The van der Waals surface area contributed by atoms with Gasteiger partial charge >= 0.3 is 6.03 Å². The minimum Gasteiger partial charge on any atom is -0.369 e. The Hall–Kier alpha value is -2.80. The Bertz CT molecular complexity index is 966. The zero-order valence-corrected chi connectivity index (χ0v) is 18.0. The molecule has 0 aliphatic carbocycles. The molecule has 3 rings (SSSR count). The number of hydrogen-bond donors (Lipinski definition) is 2. The molecule has 2 heterocycles. The van der Waals surface area contributed by atoms with Crippen molar-refractivity contribution in [3.63, 3.8) is 0 Å². The summed E-state index contributed by atoms with van der Waals surface area (Å²) in [5.41, 5.74) is 6.37. The van der Waals surface area contributed by atoms with E-state index in [1.165, 1.54) is 4.90 Å². The van der Waals surface area contributed by atoms with Crippen molar-refractivity contribution in [3.05, 3.63) is 52.7 Å². The van der Waals surface area contributed by atoms with E-state index in [4.69, 9.17) is 17.3 Å². The van der Waals surface area contributed by atoms with E-state index < -0.39 is 11.0 Å². The summed E-state index contributed by atoms with van der Waals surface area (Å²) in [5.74, 6) is 0.0548. The number of anilines is 1. The zero-order valence-electron chi connectivity index (χ0n) is 17.3. The number of nitrogens with one attached hydrogen (secondary N) is 1. The van der Waals surface area contributed by atoms with Gasteiger partial charge in [-0.25, -0.2) is 9.79 Å². The molecule has 7 nitrogen and oxygen atoms in total. The number of rotatable bonds is 2. The van der Waals surface area contributed by atoms with Gasteiger partial charge in [0.2, 0.25) is 5.91 Å². The fourth-order valence-corrected chi connectivity index (χ4v) is 3.77. The van der Waals surface area contributed by atoms with Gasteiger partial charge in [-0.2, -0.15) is 0 Å². The van der Waals surface area contributed by atoms with Gasteiger partial charge in [-0.05, 0) is 51.5 Å². The summed E-state index contributed by atoms with van der Waals surface area (Å²) in [6.07, 6.45) is 3.61. The van der Waals surface area contributed by atoms with Crippen LogP contribution in [0.2, 0.25) is 0 Å². The quantitative estimate of drug-likeness (QED) is 0.773. The molecule has 1 atom stereocenters. The first kappa shape index (κ1) is 20.9. The van der Waals surface area contributed by atoms with E-state index in [1.807, 2.05) is 45.0 Å². The van der Waals surface area contributed by atoms with Gasteiger partial charge in [-0.15, -0.1) is 0 Å². The lowest BCUT2D eigenvalue weighted by Crippen LogP contribution is -2.58. The van der Waals surface area contributed by atoms with Gasteiger partial charge in [-0.1, -0.05) is 29.8 Å². The number of benzene rings is 1. The van der Waals surface area contributed by atoms with Crippen LogP contribution in [0.25, 0.3) is 0 Å². The van der Waals surface area contributed by atoms with Crippen molar-refractivity contribution in [1.29, 1.82) is 0 Å². The number of nitrogens with two attached hydrogens (primary N) is 1. The molecule has 29 heavy (non-hydrogen) atoms. The highest BCUT2D eigenvalue weighted by atomic mass is 35.5. The minimum absolute atomic E-state index is 0.113. The number of amides is 3. The third kappa shape index (κ3) is 3.40. The monoisotopic (exact) mass is 415 g/mol. The van der Waals surface area contributed by atoms with Crippen LogP contribution in [0.1, 0.15) is 33.3 Å². The molecule has 0 saturated heterocycles. The highest BCUT2D eigenvalue weighted by molar-refractivity contribution is 6.31. The largest absolute Gasteiger partial charge is 0.369 e. The molecule has 8 heteroatoms. The number of carbonyl (C=O) groups excluding carboxylic acids is 2. The Morgan fingerprint density at radius 2 is 2.00 bits per heavy atom. The van der Waals surface area contributed by atoms with Crippen molar-refractivity contribution in [2.24, 2.45) is 16.1 Å². The first-order valence-electron chi connectivity index (χ1n) is 9.34. The molecule has 3 amide bonds. The number of hydrogen-bond acceptors (Lipinski definition) is 4. The van der Waals surface area contributed by atoms with Crippen LogP contribution in [0, 0.1) is 5.41 Å². The summed E-state index contributed by atoms with van der Waals surface area (Å²) in [7, 11) is 1.62. The Kier molecular flexibility index (Phi) is 5.21. The van der Waals surface area contributed by atoms with Crippen molar-refractivity contribution < 1.29 is 9.59 Å². The van der Waals surface area contributed by atoms with Crippen LogP contribution in [0.5, 0.6) is 0 Å². The Morgan fingerprint density at radius 1 is 1.31 bits per heavy atom. The van der Waals surface area contributed by atoms with E-state index in [2.05, 4.69) is 10.3 Å². The maximum Gasteiger partial charge on any atom is 0.326 e. The molecule has 1 aromatic rings. The highest BCUT2D eigenvalue weighted by Crippen LogP contribution is 2.46. The molecule has 0 fully saturated rings. The van der Waals surface area contributed by atoms with E-state index in [9.17, 15) is 9.59 Å². The summed E-state index contributed by atoms with van der Waals surface area (Å²) in [6, 6.07) is 7.05. The van der Waals surface area contributed by atoms with Gasteiger partial charge in [0.15, 0.2) is 5.96 Å². The maximum atomic E-state index is 12.8. The van der Waals surface area contributed by atoms with E-state index >= 15 is 0 Å². The Balaban J connectivity index is 1.93. The van der Waals surface area contributed by atoms with Crippen LogP contribution in [0.4, 0.5) is 10.5 Å². The van der Waals surface area contributed by atoms with Crippen molar-refractivity contribution in [1.82, 2.24) is 9.80 Å². The second-order valence-corrected chi connectivity index (χ2v) is 8.40. The number of guanidine groups is 1. The number of aliphatic imine (C=N–C) groups is 1. The third-order valence-corrected chi connectivity index (χ3v) is 6.36. The summed E-state index contributed by atoms with van der Waals surface area (Å²) < 4.78 is 0. The van der Waals surface area contributed by atoms with E-state index in [0.717, 1.165) is 5.56 Å². The van der Waals surface area contributed by atoms with Crippen LogP contribution in [0.3, 0.4) is 0 Å². The normalized spacial score (nSPS) is 23.9. The summed E-state index contributed by atoms with van der Waals surface area (Å²) in [5, 5.41) is 3.43. The van der Waals surface area contributed by atoms with Crippen molar-refractivity contribution in [3.8, 4) is 0 Å². The molecule has 2 aliphatic heterocycles. The van der Waals surface area contributed by atoms with E-state index in [-0.39, 0.29) is 17.9 Å². The lowest BCUT2D eigenvalue weighted by Gasteiger charge is -2.46. The molecular weight excluding hydrogens is 390 g/mol. The van der Waals surface area contributed by atoms with Crippen molar-refractivity contribution >= 4 is 35.2 Å². The Labute approximate surface area is 175 Å². The molecule has 1 aromatic carbocycles. The van der Waals surface area contributed by atoms with Crippen LogP contribution in [-0.4, -0.2) is 41.3 Å². The number of carbonyl (C=O) groups is 2. The zero-order chi connectivity index (χ0) is 21.6. The van der Waals surface area contributed by atoms with Crippen LogP contribution >= 0.6 is 11.6 Å². The molecule has 0 aromatic heterocycles. The SMILES string of the molecule is CC1=C(Cl)C=CCN1C(=O)Nc1cccc([C@@]2(C)N=C(N)N(C)C(=O)C2(C)C)c1. The number of halogens is 1. The minimum atomic E-state index is -0.881. The predicted octanol–water partition coefficient (Wildman–Crippen LogP) is 3.59. The third-order valence-electron chi connectivity index (χ3n) is 5.96. The molecule has 0 saturated carbocycles. The van der Waals surface area contributed by atoms with Crippen molar-refractivity contribution in [2.45, 2.75) is 33.2 Å². The summed E-state index contributed by atoms with van der Waals surface area (Å²) in [4.78, 5) is 33.2. The summed E-state index contributed by atoms with van der Waals surface area (Å²) in [6.45, 7) is 7.83. The molecule has 3 N–H and O–H groups in total. The van der Waals surface area contributed by atoms with Gasteiger partial charge in [0.05, 0.1) is 10.4 Å². The van der Waals surface area contributed by atoms with Gasteiger partial charge in [-0.3, -0.25) is 14.6 Å². The fraction of sp³-hybridized carbons (Fsp3) is 0.381. The van der Waals surface area contributed by atoms with Gasteiger partial charge in [0.1, 0.15) is 5.54 Å². The molecule has 154 valence electrons. The van der Waals surface area contributed by atoms with Crippen LogP contribution < -0.4 is 11.1 Å². The lowest BCUT2D eigenvalue weighted by atomic mass is 9.68. The molecule has 0 radical (unpaired) electrons. The van der Waals surface area contributed by atoms with Gasteiger partial charge in [0, 0.05) is 25.0 Å². The number of urea groups is 1. The highest BCUT2D eigenvalue weighted by Gasteiger charge is 2.52. The number of allylic oxidation sites excluding steroid dienone is 3. The molecule has 0 bridgehead atoms. The smallest absolute Gasteiger partial charge is 0.326 e. The van der Waals surface area contributed by atoms with Crippen LogP contribution in [-0.2, 0) is 10.3 Å². The van der Waals surface area contributed by atoms with E-state index in [1.54, 1.807) is 31.0 Å². The second kappa shape index (κ2) is 7.22. The van der Waals surface area contributed by atoms with Crippen LogP contribution in [0.15, 0.2) is 52.1 Å². The summed E-state index contributed by atoms with van der Waals surface area (Å²) >= 11 is 6.13. The standard InChI is InChI=1S/C21H26ClN5O2/c1-13-16(22)10-7-11-27(13)19(29)24-15-9-6-8-14(12-15)21(4)20(2,3)17(28)26(5)18(23)25-21/h6-10,12H,11H2,1-5H3,(H2,23,25)(H,24,29)/t21-/m1/s1. The van der Waals surface area contributed by atoms with E-state index in [0.29, 0.717) is 23.0 Å². The number of nitrogens with zero attached hydrogens (tertiary/aromatic N) is 3. The van der Waals surface area contributed by atoms with Gasteiger partial charge in [0.25, 0.3) is 0 Å². The predicted molar refractivity (Wildman–Crippen MR) is 115 cm³/mol. The average molecular weight is 416 g/mol. The van der Waals surface area contributed by atoms with Crippen molar-refractivity contribution in [2.75, 3.05) is 18.9 Å². The maximum absolute atomic E-state index is 12.8. The first-order valence-corrected chi connectivity index (χ1v) is 9.72. The second-order valence-electron chi connectivity index (χ2n) is 7.99. The molecule has 0 spiro atoms. The van der Waals surface area contributed by atoms with Gasteiger partial charge < -0.3 is 11.1 Å². The molecule has 0 unspecified atom stereocenters. The molecular formula is C21H26ClN5O2. The lowest BCUT2D eigenvalue weighted by molar-refractivity contribution is -0.140. The molecule has 2 aliphatic rings. The average Bonchev–Trinajstić information content (AvgIpc) is 2.67. The topological polar surface area (TPSA) is 91.0 Å². The first-order chi connectivity index (χ1) is 13.5. The Morgan fingerprint density at radius 3 is 2.69 bits per heavy atom.